The molecule has 0 aromatic heterocycles. The van der Waals surface area contributed by atoms with Gasteiger partial charge in [-0.25, -0.2) is 0 Å². The Kier molecular flexibility index (Phi) is 9.95. The van der Waals surface area contributed by atoms with Crippen LogP contribution in [0.3, 0.4) is 0 Å². The smallest absolute Gasteiger partial charge is 0.792 e. The Labute approximate surface area is 57.3 Å². The Hall–Kier alpha value is 0.947. The molecule has 0 saturated carbocycles. The molecule has 0 saturated heterocycles. The van der Waals surface area contributed by atoms with Crippen molar-refractivity contribution < 1.29 is 18.9 Å². The van der Waals surface area contributed by atoms with Crippen LogP contribution in [0, 0.1) is 5.92 Å². The molecule has 0 aliphatic rings. The van der Waals surface area contributed by atoms with Crippen molar-refractivity contribution in [3.05, 3.63) is 0 Å². The Balaban J connectivity index is 0. The van der Waals surface area contributed by atoms with Crippen LogP contribution in [0.15, 0.2) is 0 Å². The molecular formula is C4H9LiS. The predicted molar refractivity (Wildman–Crippen MR) is 27.1 cm³/mol. The molecule has 0 N–H and O–H groups in total. The molecule has 0 spiro atoms. The van der Waals surface area contributed by atoms with Crippen LogP contribution in [0.5, 0.6) is 0 Å². The van der Waals surface area contributed by atoms with Crippen molar-refractivity contribution in [2.24, 2.45) is 5.92 Å². The zero-order valence-corrected chi connectivity index (χ0v) is 5.51. The quantitative estimate of drug-likeness (QED) is 0.274. The van der Waals surface area contributed by atoms with Gasteiger partial charge < -0.3 is 12.6 Å². The molecular weight excluding hydrogens is 87.1 g/mol. The van der Waals surface area contributed by atoms with E-state index in [1.165, 1.54) is 0 Å². The van der Waals surface area contributed by atoms with Crippen LogP contribution < -0.4 is 18.9 Å². The fraction of sp³-hybridized carbons (Fsp3) is 1.00. The molecule has 6 heavy (non-hydrogen) atoms. The molecule has 0 amide bonds. The summed E-state index contributed by atoms with van der Waals surface area (Å²) in [4.78, 5) is 0. The van der Waals surface area contributed by atoms with Crippen LogP contribution in [0.4, 0.5) is 0 Å². The van der Waals surface area contributed by atoms with E-state index in [0.717, 1.165) is 5.75 Å². The first-order valence-electron chi connectivity index (χ1n) is 1.85. The normalized spacial score (nSPS) is 8.00. The molecule has 0 aromatic rings. The zero-order chi connectivity index (χ0) is 4.28. The first-order chi connectivity index (χ1) is 2.27. The zero-order valence-electron chi connectivity index (χ0n) is 4.69. The van der Waals surface area contributed by atoms with Gasteiger partial charge >= 0.3 is 18.9 Å². The van der Waals surface area contributed by atoms with E-state index in [0.29, 0.717) is 5.92 Å². The molecule has 32 valence electrons. The van der Waals surface area contributed by atoms with E-state index in [4.69, 9.17) is 0 Å². The first-order valence-corrected chi connectivity index (χ1v) is 2.43. The van der Waals surface area contributed by atoms with Crippen molar-refractivity contribution in [1.82, 2.24) is 0 Å². The van der Waals surface area contributed by atoms with Gasteiger partial charge in [0.1, 0.15) is 0 Å². The van der Waals surface area contributed by atoms with Crippen LogP contribution in [-0.2, 0) is 12.6 Å². The summed E-state index contributed by atoms with van der Waals surface area (Å²) in [5.74, 6) is 1.59. The van der Waals surface area contributed by atoms with Crippen LogP contribution in [0.2, 0.25) is 0 Å². The summed E-state index contributed by atoms with van der Waals surface area (Å²) in [7, 11) is 0. The molecule has 0 nitrogen and oxygen atoms in total. The standard InChI is InChI=1S/C4H10S.Li/c1-4(2)3-5;/h4-5H,3H2,1-2H3;/q;+1/p-1. The summed E-state index contributed by atoms with van der Waals surface area (Å²) in [6.45, 7) is 4.24. The molecule has 0 heterocycles. The van der Waals surface area contributed by atoms with Crippen LogP contribution in [-0.4, -0.2) is 5.75 Å². The summed E-state index contributed by atoms with van der Waals surface area (Å²) < 4.78 is 0. The van der Waals surface area contributed by atoms with Crippen LogP contribution in [0.1, 0.15) is 13.8 Å². The largest absolute Gasteiger partial charge is 1.00 e. The van der Waals surface area contributed by atoms with E-state index in [1.54, 1.807) is 0 Å². The van der Waals surface area contributed by atoms with Gasteiger partial charge in [0.2, 0.25) is 0 Å². The molecule has 0 fully saturated rings. The molecule has 0 atom stereocenters. The molecule has 2 heteroatoms. The molecule has 0 aliphatic heterocycles. The van der Waals surface area contributed by atoms with Crippen molar-refractivity contribution in [3.8, 4) is 0 Å². The fourth-order valence-corrected chi connectivity index (χ4v) is 0. The predicted octanol–water partition coefficient (Wildman–Crippen LogP) is -1.81. The molecule has 0 radical (unpaired) electrons. The van der Waals surface area contributed by atoms with Gasteiger partial charge in [-0.3, -0.25) is 0 Å². The van der Waals surface area contributed by atoms with Crippen molar-refractivity contribution >= 4 is 12.6 Å². The third-order valence-electron chi connectivity index (χ3n) is 0.333. The summed E-state index contributed by atoms with van der Waals surface area (Å²) >= 11 is 4.68. The molecule has 0 aromatic carbocycles. The van der Waals surface area contributed by atoms with Gasteiger partial charge in [-0.2, -0.15) is 5.75 Å². The van der Waals surface area contributed by atoms with Crippen molar-refractivity contribution in [2.45, 2.75) is 13.8 Å². The maximum atomic E-state index is 4.68. The first kappa shape index (κ1) is 10.0. The number of hydrogen-bond acceptors (Lipinski definition) is 1. The van der Waals surface area contributed by atoms with Gasteiger partial charge in [-0.05, 0) is 0 Å². The summed E-state index contributed by atoms with van der Waals surface area (Å²) in [6, 6.07) is 0. The summed E-state index contributed by atoms with van der Waals surface area (Å²) in [6.07, 6.45) is 0. The van der Waals surface area contributed by atoms with Gasteiger partial charge in [-0.15, -0.1) is 0 Å². The van der Waals surface area contributed by atoms with Gasteiger partial charge in [-0.1, -0.05) is 19.8 Å². The third kappa shape index (κ3) is 8.87. The van der Waals surface area contributed by atoms with Gasteiger partial charge in [0.05, 0.1) is 0 Å². The van der Waals surface area contributed by atoms with E-state index in [2.05, 4.69) is 26.5 Å². The van der Waals surface area contributed by atoms with Gasteiger partial charge in [0.25, 0.3) is 0 Å². The SMILES string of the molecule is CC(C)C[S-].[Li+]. The van der Waals surface area contributed by atoms with Crippen molar-refractivity contribution in [1.29, 1.82) is 0 Å². The average Bonchev–Trinajstić information content (AvgIpc) is 1.38. The third-order valence-corrected chi connectivity index (χ3v) is 1.000. The molecule has 0 bridgehead atoms. The second kappa shape index (κ2) is 5.95. The maximum absolute atomic E-state index is 4.68. The van der Waals surface area contributed by atoms with Gasteiger partial charge in [0.15, 0.2) is 0 Å². The second-order valence-corrected chi connectivity index (χ2v) is 1.89. The van der Waals surface area contributed by atoms with E-state index in [9.17, 15) is 0 Å². The maximum Gasteiger partial charge on any atom is 1.00 e. The van der Waals surface area contributed by atoms with E-state index in [1.807, 2.05) is 0 Å². The van der Waals surface area contributed by atoms with Crippen molar-refractivity contribution in [2.75, 3.05) is 5.75 Å². The van der Waals surface area contributed by atoms with E-state index in [-0.39, 0.29) is 18.9 Å². The number of rotatable bonds is 1. The average molecular weight is 96.1 g/mol. The molecule has 0 rings (SSSR count). The summed E-state index contributed by atoms with van der Waals surface area (Å²) in [5, 5.41) is 0. The van der Waals surface area contributed by atoms with Gasteiger partial charge in [0, 0.05) is 0 Å². The number of hydrogen-bond donors (Lipinski definition) is 0. The van der Waals surface area contributed by atoms with E-state index < -0.39 is 0 Å². The fourth-order valence-electron chi connectivity index (χ4n) is 0. The second-order valence-electron chi connectivity index (χ2n) is 1.56. The minimum atomic E-state index is 0. The molecule has 0 unspecified atom stereocenters. The minimum absolute atomic E-state index is 0. The monoisotopic (exact) mass is 96.1 g/mol. The topological polar surface area (TPSA) is 0 Å². The Morgan fingerprint density at radius 2 is 1.67 bits per heavy atom. The Bertz CT molecular complexity index is 21.5. The Morgan fingerprint density at radius 3 is 1.67 bits per heavy atom. The minimum Gasteiger partial charge on any atom is -0.792 e. The van der Waals surface area contributed by atoms with Crippen molar-refractivity contribution in [3.63, 3.8) is 0 Å². The Morgan fingerprint density at radius 1 is 1.50 bits per heavy atom. The summed E-state index contributed by atoms with van der Waals surface area (Å²) in [5.41, 5.74) is 0. The molecule has 0 aliphatic carbocycles. The van der Waals surface area contributed by atoms with Crippen LogP contribution in [0.25, 0.3) is 0 Å². The van der Waals surface area contributed by atoms with Crippen LogP contribution >= 0.6 is 0 Å². The van der Waals surface area contributed by atoms with E-state index >= 15 is 0 Å².